The monoisotopic (exact) mass is 257 g/mol. The zero-order chi connectivity index (χ0) is 12.6. The van der Waals surface area contributed by atoms with Crippen molar-refractivity contribution in [2.45, 2.75) is 44.7 Å². The van der Waals surface area contributed by atoms with E-state index in [1.54, 1.807) is 4.31 Å². The number of nitrogens with one attached hydrogen (secondary N) is 1. The van der Waals surface area contributed by atoms with Crippen LogP contribution in [0.1, 0.15) is 33.0 Å². The number of H-pyrrole nitrogens is 1. The third-order valence-corrected chi connectivity index (χ3v) is 5.14. The summed E-state index contributed by atoms with van der Waals surface area (Å²) in [5.74, 6) is 1.14. The topological polar surface area (TPSA) is 66.1 Å². The maximum absolute atomic E-state index is 12.4. The van der Waals surface area contributed by atoms with Crippen LogP contribution in [0, 0.1) is 5.92 Å². The third-order valence-electron chi connectivity index (χ3n) is 3.25. The van der Waals surface area contributed by atoms with E-state index in [0.29, 0.717) is 24.7 Å². The van der Waals surface area contributed by atoms with Crippen molar-refractivity contribution in [3.05, 3.63) is 12.0 Å². The second-order valence-electron chi connectivity index (χ2n) is 4.81. The second-order valence-corrected chi connectivity index (χ2v) is 6.67. The normalized spacial score (nSPS) is 26.5. The van der Waals surface area contributed by atoms with Crippen LogP contribution in [0.3, 0.4) is 0 Å². The third kappa shape index (κ3) is 2.24. The Morgan fingerprint density at radius 2 is 2.24 bits per heavy atom. The van der Waals surface area contributed by atoms with Crippen molar-refractivity contribution in [1.29, 1.82) is 0 Å². The van der Waals surface area contributed by atoms with Crippen LogP contribution in [0.4, 0.5) is 0 Å². The summed E-state index contributed by atoms with van der Waals surface area (Å²) in [6.07, 6.45) is 3.05. The molecule has 96 valence electrons. The van der Waals surface area contributed by atoms with E-state index in [1.807, 2.05) is 13.8 Å². The predicted molar refractivity (Wildman–Crippen MR) is 65.1 cm³/mol. The first-order valence-electron chi connectivity index (χ1n) is 6.01. The summed E-state index contributed by atoms with van der Waals surface area (Å²) < 4.78 is 26.3. The van der Waals surface area contributed by atoms with Gasteiger partial charge in [-0.25, -0.2) is 13.4 Å². The fraction of sp³-hybridized carbons (Fsp3) is 0.727. The average molecular weight is 257 g/mol. The highest BCUT2D eigenvalue weighted by atomic mass is 32.2. The van der Waals surface area contributed by atoms with Crippen LogP contribution in [0.2, 0.25) is 0 Å². The predicted octanol–water partition coefficient (Wildman–Crippen LogP) is 1.39. The molecular weight excluding hydrogens is 238 g/mol. The first-order chi connectivity index (χ1) is 7.95. The van der Waals surface area contributed by atoms with Gasteiger partial charge >= 0.3 is 0 Å². The first kappa shape index (κ1) is 12.6. The quantitative estimate of drug-likeness (QED) is 0.890. The summed E-state index contributed by atoms with van der Waals surface area (Å²) >= 11 is 0. The van der Waals surface area contributed by atoms with E-state index in [4.69, 9.17) is 0 Å². The molecule has 5 nitrogen and oxygen atoms in total. The van der Waals surface area contributed by atoms with Crippen molar-refractivity contribution in [2.75, 3.05) is 6.54 Å². The molecule has 0 aliphatic carbocycles. The smallest absolute Gasteiger partial charge is 0.260 e. The van der Waals surface area contributed by atoms with Gasteiger partial charge in [-0.3, -0.25) is 0 Å². The van der Waals surface area contributed by atoms with E-state index in [0.717, 1.165) is 6.42 Å². The molecule has 1 aliphatic rings. The molecule has 1 N–H and O–H groups in total. The number of nitrogens with zero attached hydrogens (tertiary/aromatic N) is 2. The average Bonchev–Trinajstić information content (AvgIpc) is 2.85. The van der Waals surface area contributed by atoms with Crippen LogP contribution in [-0.2, 0) is 16.4 Å². The Labute approximate surface area is 102 Å². The number of hydrogen-bond acceptors (Lipinski definition) is 3. The number of aryl methyl sites for hydroxylation is 1. The largest absolute Gasteiger partial charge is 0.332 e. The molecule has 1 aromatic heterocycles. The number of hydrogen-bond donors (Lipinski definition) is 1. The van der Waals surface area contributed by atoms with E-state index in [1.165, 1.54) is 6.20 Å². The summed E-state index contributed by atoms with van der Waals surface area (Å²) in [5, 5.41) is 0.218. The summed E-state index contributed by atoms with van der Waals surface area (Å²) in [4.78, 5) is 6.93. The van der Waals surface area contributed by atoms with Crippen LogP contribution in [0.15, 0.2) is 11.2 Å². The second kappa shape index (κ2) is 4.42. The highest BCUT2D eigenvalue weighted by Crippen LogP contribution is 2.28. The molecular formula is C11H19N3O2S. The Bertz CT molecular complexity index is 495. The zero-order valence-electron chi connectivity index (χ0n) is 10.5. The minimum Gasteiger partial charge on any atom is -0.332 e. The molecule has 2 rings (SSSR count). The summed E-state index contributed by atoms with van der Waals surface area (Å²) in [6, 6.07) is 0.0726. The maximum Gasteiger partial charge on any atom is 0.260 e. The van der Waals surface area contributed by atoms with Gasteiger partial charge in [-0.2, -0.15) is 4.31 Å². The van der Waals surface area contributed by atoms with Crippen LogP contribution >= 0.6 is 0 Å². The fourth-order valence-corrected chi connectivity index (χ4v) is 4.07. The SMILES string of the molecule is CCc1ncc(S(=O)(=O)N2CC(C)CC2C)[nH]1. The molecule has 17 heavy (non-hydrogen) atoms. The van der Waals surface area contributed by atoms with Crippen LogP contribution in [0.5, 0.6) is 0 Å². The van der Waals surface area contributed by atoms with E-state index in [2.05, 4.69) is 16.9 Å². The molecule has 1 fully saturated rings. The highest BCUT2D eigenvalue weighted by molar-refractivity contribution is 7.89. The Morgan fingerprint density at radius 3 is 2.71 bits per heavy atom. The molecule has 0 saturated carbocycles. The standard InChI is InChI=1S/C11H19N3O2S/c1-4-10-12-6-11(13-10)17(15,16)14-7-8(2)5-9(14)3/h6,8-9H,4-5,7H2,1-3H3,(H,12,13). The molecule has 6 heteroatoms. The number of imidazole rings is 1. The van der Waals surface area contributed by atoms with Gasteiger partial charge in [0, 0.05) is 19.0 Å². The number of rotatable bonds is 3. The van der Waals surface area contributed by atoms with Crippen molar-refractivity contribution < 1.29 is 8.42 Å². The first-order valence-corrected chi connectivity index (χ1v) is 7.45. The minimum absolute atomic E-state index is 0.0726. The van der Waals surface area contributed by atoms with Crippen LogP contribution < -0.4 is 0 Å². The summed E-state index contributed by atoms with van der Waals surface area (Å²) in [5.41, 5.74) is 0. The Morgan fingerprint density at radius 1 is 1.53 bits per heavy atom. The van der Waals surface area contributed by atoms with E-state index >= 15 is 0 Å². The van der Waals surface area contributed by atoms with Gasteiger partial charge in [-0.1, -0.05) is 13.8 Å². The van der Waals surface area contributed by atoms with Crippen LogP contribution in [-0.4, -0.2) is 35.3 Å². The lowest BCUT2D eigenvalue weighted by Gasteiger charge is -2.19. The lowest BCUT2D eigenvalue weighted by molar-refractivity contribution is 0.404. The number of aromatic nitrogens is 2. The fourth-order valence-electron chi connectivity index (χ4n) is 2.38. The van der Waals surface area contributed by atoms with Gasteiger partial charge < -0.3 is 4.98 Å². The Kier molecular flexibility index (Phi) is 3.27. The molecule has 1 aliphatic heterocycles. The lowest BCUT2D eigenvalue weighted by Crippen LogP contribution is -2.34. The van der Waals surface area contributed by atoms with Crippen molar-refractivity contribution in [3.8, 4) is 0 Å². The number of sulfonamides is 1. The van der Waals surface area contributed by atoms with E-state index in [9.17, 15) is 8.42 Å². The molecule has 2 heterocycles. The van der Waals surface area contributed by atoms with E-state index in [-0.39, 0.29) is 11.1 Å². The zero-order valence-corrected chi connectivity index (χ0v) is 11.3. The van der Waals surface area contributed by atoms with Crippen LogP contribution in [0.25, 0.3) is 0 Å². The Balaban J connectivity index is 2.30. The van der Waals surface area contributed by atoms with E-state index < -0.39 is 10.0 Å². The van der Waals surface area contributed by atoms with Gasteiger partial charge in [0.2, 0.25) is 0 Å². The molecule has 0 radical (unpaired) electrons. The van der Waals surface area contributed by atoms with Gasteiger partial charge in [-0.15, -0.1) is 0 Å². The molecule has 2 atom stereocenters. The minimum atomic E-state index is -3.39. The van der Waals surface area contributed by atoms with Gasteiger partial charge in [-0.05, 0) is 19.3 Å². The maximum atomic E-state index is 12.4. The Hall–Kier alpha value is -0.880. The van der Waals surface area contributed by atoms with Crippen molar-refractivity contribution >= 4 is 10.0 Å². The van der Waals surface area contributed by atoms with Gasteiger partial charge in [0.25, 0.3) is 10.0 Å². The number of aromatic amines is 1. The molecule has 2 unspecified atom stereocenters. The molecule has 1 saturated heterocycles. The molecule has 0 spiro atoms. The molecule has 0 aromatic carbocycles. The lowest BCUT2D eigenvalue weighted by atomic mass is 10.1. The molecule has 0 bridgehead atoms. The summed E-state index contributed by atoms with van der Waals surface area (Å²) in [6.45, 7) is 6.58. The van der Waals surface area contributed by atoms with Crippen molar-refractivity contribution in [3.63, 3.8) is 0 Å². The van der Waals surface area contributed by atoms with Crippen molar-refractivity contribution in [2.24, 2.45) is 5.92 Å². The van der Waals surface area contributed by atoms with Gasteiger partial charge in [0.1, 0.15) is 5.82 Å². The summed E-state index contributed by atoms with van der Waals surface area (Å²) in [7, 11) is -3.39. The van der Waals surface area contributed by atoms with Gasteiger partial charge in [0.15, 0.2) is 5.03 Å². The van der Waals surface area contributed by atoms with Gasteiger partial charge in [0.05, 0.1) is 6.20 Å². The van der Waals surface area contributed by atoms with Crippen molar-refractivity contribution in [1.82, 2.24) is 14.3 Å². The molecule has 0 amide bonds. The molecule has 1 aromatic rings. The highest BCUT2D eigenvalue weighted by Gasteiger charge is 2.36.